The fraction of sp³-hybridized carbons (Fsp3) is 0.125. The minimum Gasteiger partial charge on any atom is -0.427 e. The van der Waals surface area contributed by atoms with Crippen molar-refractivity contribution in [3.63, 3.8) is 0 Å². The van der Waals surface area contributed by atoms with E-state index in [1.54, 1.807) is 0 Å². The van der Waals surface area contributed by atoms with E-state index in [4.69, 9.17) is 0 Å². The second-order valence-electron chi connectivity index (χ2n) is 8.68. The molecular weight excluding hydrogens is 664 g/mol. The van der Waals surface area contributed by atoms with Crippen LogP contribution in [-0.2, 0) is 19.2 Å². The van der Waals surface area contributed by atoms with Gasteiger partial charge in [0.15, 0.2) is 34.8 Å². The number of carbonyl (C=O) groups is 4. The Morgan fingerprint density at radius 3 is 1.38 bits per heavy atom. The lowest BCUT2D eigenvalue weighted by molar-refractivity contribution is -0.133. The molecule has 0 atom stereocenters. The lowest BCUT2D eigenvalue weighted by atomic mass is 10.3. The van der Waals surface area contributed by atoms with E-state index >= 15 is 0 Å². The molecule has 0 N–H and O–H groups in total. The number of esters is 4. The van der Waals surface area contributed by atoms with E-state index in [2.05, 4.69) is 18.9 Å². The second-order valence-corrected chi connectivity index (χ2v) is 8.68. The first-order valence-electron chi connectivity index (χ1n) is 12.9. The van der Waals surface area contributed by atoms with Crippen LogP contribution in [0.15, 0.2) is 72.8 Å². The Labute approximate surface area is 267 Å². The Morgan fingerprint density at radius 1 is 0.417 bits per heavy atom. The smallest absolute Gasteiger partial charge is 0.308 e. The van der Waals surface area contributed by atoms with Crippen LogP contribution in [0.5, 0.6) is 23.0 Å². The molecule has 4 aromatic rings. The zero-order valence-corrected chi connectivity index (χ0v) is 25.2. The number of carbonyl (C=O) groups excluding carboxylic acids is 4. The monoisotopic (exact) mass is 688 g/mol. The van der Waals surface area contributed by atoms with Gasteiger partial charge in [-0.15, -0.1) is 0 Å². The molecular formula is C32H24F8O8. The van der Waals surface area contributed by atoms with E-state index < -0.39 is 76.2 Å². The summed E-state index contributed by atoms with van der Waals surface area (Å²) in [6.07, 6.45) is 0. The minimum absolute atomic E-state index is 0.00130. The molecule has 48 heavy (non-hydrogen) atoms. The van der Waals surface area contributed by atoms with Crippen LogP contribution in [0.2, 0.25) is 0 Å². The third kappa shape index (κ3) is 16.0. The number of benzene rings is 4. The van der Waals surface area contributed by atoms with Crippen molar-refractivity contribution < 1.29 is 73.2 Å². The molecule has 0 spiro atoms. The van der Waals surface area contributed by atoms with Crippen LogP contribution in [0.3, 0.4) is 0 Å². The molecule has 0 fully saturated rings. The van der Waals surface area contributed by atoms with Gasteiger partial charge < -0.3 is 18.9 Å². The summed E-state index contributed by atoms with van der Waals surface area (Å²) in [5, 5.41) is 0. The lowest BCUT2D eigenvalue weighted by Gasteiger charge is -2.02. The zero-order chi connectivity index (χ0) is 36.6. The van der Waals surface area contributed by atoms with Crippen LogP contribution in [-0.4, -0.2) is 23.9 Å². The Balaban J connectivity index is 0.000000320. The van der Waals surface area contributed by atoms with Gasteiger partial charge in [0, 0.05) is 58.0 Å². The van der Waals surface area contributed by atoms with Crippen LogP contribution in [0, 0.1) is 46.5 Å². The number of para-hydroxylation sites is 1. The molecule has 8 nitrogen and oxygen atoms in total. The number of hydrogen-bond acceptors (Lipinski definition) is 8. The predicted octanol–water partition coefficient (Wildman–Crippen LogP) is 7.56. The summed E-state index contributed by atoms with van der Waals surface area (Å²) in [6.45, 7) is 4.55. The highest BCUT2D eigenvalue weighted by atomic mass is 19.2. The first-order chi connectivity index (χ1) is 22.4. The van der Waals surface area contributed by atoms with Crippen molar-refractivity contribution >= 4 is 23.9 Å². The third-order valence-corrected chi connectivity index (χ3v) is 4.56. The zero-order valence-electron chi connectivity index (χ0n) is 25.2. The van der Waals surface area contributed by atoms with Gasteiger partial charge in [0.1, 0.15) is 29.0 Å². The summed E-state index contributed by atoms with van der Waals surface area (Å²) in [6, 6.07) is 11.4. The van der Waals surface area contributed by atoms with Crippen molar-refractivity contribution in [2.45, 2.75) is 27.7 Å². The van der Waals surface area contributed by atoms with Gasteiger partial charge in [0.25, 0.3) is 0 Å². The molecule has 16 heteroatoms. The molecule has 0 unspecified atom stereocenters. The Kier molecular flexibility index (Phi) is 16.5. The van der Waals surface area contributed by atoms with Crippen LogP contribution < -0.4 is 18.9 Å². The molecule has 4 rings (SSSR count). The van der Waals surface area contributed by atoms with E-state index in [0.29, 0.717) is 12.1 Å². The Hall–Kier alpha value is -5.80. The van der Waals surface area contributed by atoms with E-state index in [1.807, 2.05) is 0 Å². The normalized spacial score (nSPS) is 9.58. The fourth-order valence-electron chi connectivity index (χ4n) is 2.90. The van der Waals surface area contributed by atoms with Crippen molar-refractivity contribution in [3.8, 4) is 23.0 Å². The number of rotatable bonds is 4. The van der Waals surface area contributed by atoms with E-state index in [9.17, 15) is 54.3 Å². The molecule has 0 aromatic heterocycles. The average molecular weight is 689 g/mol. The van der Waals surface area contributed by atoms with Crippen LogP contribution >= 0.6 is 0 Å². The molecule has 0 saturated carbocycles. The highest BCUT2D eigenvalue weighted by Gasteiger charge is 2.11. The van der Waals surface area contributed by atoms with E-state index in [1.165, 1.54) is 19.1 Å². The Morgan fingerprint density at radius 2 is 0.917 bits per heavy atom. The van der Waals surface area contributed by atoms with Gasteiger partial charge in [-0.2, -0.15) is 0 Å². The van der Waals surface area contributed by atoms with Gasteiger partial charge in [-0.3, -0.25) is 19.2 Å². The predicted molar refractivity (Wildman–Crippen MR) is 151 cm³/mol. The minimum atomic E-state index is -1.03. The topological polar surface area (TPSA) is 105 Å². The molecule has 0 aliphatic heterocycles. The third-order valence-electron chi connectivity index (χ3n) is 4.56. The summed E-state index contributed by atoms with van der Waals surface area (Å²) in [4.78, 5) is 41.5. The molecule has 0 bridgehead atoms. The van der Waals surface area contributed by atoms with E-state index in [0.717, 1.165) is 69.3 Å². The summed E-state index contributed by atoms with van der Waals surface area (Å²) < 4.78 is 118. The standard InChI is InChI=1S/4C8H6F2O2/c1-5(11)12-8-3-6(9)2-7(10)4-8;1-5(11)12-8-3-2-6(9)4-7(8)10;1-5(11)12-6-2-3-7(9)8(10)4-6;1-5(11)12-8-6(9)3-2-4-7(8)10/h4*2-4H,1H3. The van der Waals surface area contributed by atoms with Crippen molar-refractivity contribution in [1.82, 2.24) is 0 Å². The van der Waals surface area contributed by atoms with Gasteiger partial charge in [-0.1, -0.05) is 6.07 Å². The molecule has 0 aliphatic carbocycles. The highest BCUT2D eigenvalue weighted by molar-refractivity contribution is 5.70. The lowest BCUT2D eigenvalue weighted by Crippen LogP contribution is -2.04. The maximum absolute atomic E-state index is 12.7. The fourth-order valence-corrected chi connectivity index (χ4v) is 2.90. The second kappa shape index (κ2) is 19.7. The van der Waals surface area contributed by atoms with E-state index in [-0.39, 0.29) is 17.2 Å². The maximum Gasteiger partial charge on any atom is 0.308 e. The number of halogens is 8. The number of ether oxygens (including phenoxy) is 4. The van der Waals surface area contributed by atoms with Gasteiger partial charge >= 0.3 is 23.9 Å². The molecule has 256 valence electrons. The van der Waals surface area contributed by atoms with Crippen LogP contribution in [0.1, 0.15) is 27.7 Å². The van der Waals surface area contributed by atoms with Gasteiger partial charge in [-0.05, 0) is 36.4 Å². The average Bonchev–Trinajstić information content (AvgIpc) is 2.94. The van der Waals surface area contributed by atoms with Crippen molar-refractivity contribution in [2.75, 3.05) is 0 Å². The molecule has 0 amide bonds. The number of hydrogen-bond donors (Lipinski definition) is 0. The van der Waals surface area contributed by atoms with Gasteiger partial charge in [0.2, 0.25) is 5.75 Å². The Bertz CT molecular complexity index is 1710. The first kappa shape index (κ1) is 40.2. The SMILES string of the molecule is CC(=O)Oc1c(F)cccc1F.CC(=O)Oc1cc(F)cc(F)c1.CC(=O)Oc1ccc(F)c(F)c1.CC(=O)Oc1ccc(F)cc1F. The largest absolute Gasteiger partial charge is 0.427 e. The highest BCUT2D eigenvalue weighted by Crippen LogP contribution is 2.21. The summed E-state index contributed by atoms with van der Waals surface area (Å²) >= 11 is 0. The molecule has 4 aromatic carbocycles. The molecule has 0 saturated heterocycles. The molecule has 0 aliphatic rings. The van der Waals surface area contributed by atoms with Crippen molar-refractivity contribution in [1.29, 1.82) is 0 Å². The van der Waals surface area contributed by atoms with Crippen LogP contribution in [0.25, 0.3) is 0 Å². The quantitative estimate of drug-likeness (QED) is 0.123. The molecule has 0 radical (unpaired) electrons. The summed E-state index contributed by atoms with van der Waals surface area (Å²) in [5.41, 5.74) is 0. The van der Waals surface area contributed by atoms with Crippen molar-refractivity contribution in [3.05, 3.63) is 119 Å². The maximum atomic E-state index is 12.7. The van der Waals surface area contributed by atoms with Crippen LogP contribution in [0.4, 0.5) is 35.1 Å². The molecule has 0 heterocycles. The van der Waals surface area contributed by atoms with Crippen molar-refractivity contribution in [2.24, 2.45) is 0 Å². The van der Waals surface area contributed by atoms with Gasteiger partial charge in [-0.25, -0.2) is 35.1 Å². The van der Waals surface area contributed by atoms with Gasteiger partial charge in [0.05, 0.1) is 0 Å². The first-order valence-corrected chi connectivity index (χ1v) is 12.9. The summed E-state index contributed by atoms with van der Waals surface area (Å²) in [5.74, 6) is -10.5. The summed E-state index contributed by atoms with van der Waals surface area (Å²) in [7, 11) is 0.